The third kappa shape index (κ3) is 3.09. The number of hydrogen-bond donors (Lipinski definition) is 1. The predicted octanol–water partition coefficient (Wildman–Crippen LogP) is 2.58. The lowest BCUT2D eigenvalue weighted by atomic mass is 9.97. The normalized spacial score (nSPS) is 17.1. The van der Waals surface area contributed by atoms with Crippen LogP contribution in [0.25, 0.3) is 11.1 Å². The molecule has 2 aromatic rings. The Morgan fingerprint density at radius 3 is 2.54 bits per heavy atom. The highest BCUT2D eigenvalue weighted by molar-refractivity contribution is 6.01. The zero-order valence-corrected chi connectivity index (χ0v) is 14.7. The first-order valence-corrected chi connectivity index (χ1v) is 8.72. The Balaban J connectivity index is 1.53. The standard InChI is InChI=1S/C20H16N2O6/c23-11-21-12-5-6-15-13-3-1-2-4-14(13)17(16(15)9-12)10-27-20(26)28-22-18(24)7-8-19(22)25/h1-6,9,11,17H,7-8,10H2,(H,21,23). The Labute approximate surface area is 160 Å². The van der Waals surface area contributed by atoms with Crippen molar-refractivity contribution in [3.63, 3.8) is 0 Å². The molecule has 1 aliphatic carbocycles. The summed E-state index contributed by atoms with van der Waals surface area (Å²) >= 11 is 0. The number of carbonyl (C=O) groups excluding carboxylic acids is 4. The second-order valence-electron chi connectivity index (χ2n) is 6.44. The molecule has 0 saturated carbocycles. The summed E-state index contributed by atoms with van der Waals surface area (Å²) in [6.45, 7) is -0.0381. The molecule has 1 aliphatic heterocycles. The Kier molecular flexibility index (Phi) is 4.52. The van der Waals surface area contributed by atoms with Gasteiger partial charge in [0, 0.05) is 24.4 Å². The van der Waals surface area contributed by atoms with E-state index in [0.717, 1.165) is 22.3 Å². The van der Waals surface area contributed by atoms with Gasteiger partial charge in [0.15, 0.2) is 0 Å². The zero-order chi connectivity index (χ0) is 19.7. The molecule has 1 fully saturated rings. The van der Waals surface area contributed by atoms with Gasteiger partial charge in [0.05, 0.1) is 0 Å². The van der Waals surface area contributed by atoms with E-state index < -0.39 is 18.0 Å². The Morgan fingerprint density at radius 1 is 1.07 bits per heavy atom. The van der Waals surface area contributed by atoms with E-state index in [2.05, 4.69) is 5.32 Å². The maximum absolute atomic E-state index is 12.0. The van der Waals surface area contributed by atoms with Gasteiger partial charge in [-0.25, -0.2) is 4.79 Å². The van der Waals surface area contributed by atoms with Crippen LogP contribution in [0.3, 0.4) is 0 Å². The van der Waals surface area contributed by atoms with Gasteiger partial charge >= 0.3 is 6.16 Å². The van der Waals surface area contributed by atoms with Gasteiger partial charge in [-0.2, -0.15) is 0 Å². The maximum atomic E-state index is 12.0. The van der Waals surface area contributed by atoms with E-state index in [1.165, 1.54) is 0 Å². The van der Waals surface area contributed by atoms with Gasteiger partial charge in [-0.05, 0) is 34.4 Å². The fraction of sp³-hybridized carbons (Fsp3) is 0.200. The molecule has 8 nitrogen and oxygen atoms in total. The number of fused-ring (bicyclic) bond motifs is 3. The minimum absolute atomic E-state index is 0.0159. The molecule has 1 saturated heterocycles. The SMILES string of the molecule is O=CNc1ccc2c(c1)C(COC(=O)ON1C(=O)CCC1=O)c1ccccc1-2. The average molecular weight is 380 g/mol. The van der Waals surface area contributed by atoms with Gasteiger partial charge in [-0.3, -0.25) is 19.2 Å². The lowest BCUT2D eigenvalue weighted by Crippen LogP contribution is -2.32. The molecule has 0 radical (unpaired) electrons. The van der Waals surface area contributed by atoms with Gasteiger partial charge in [0.25, 0.3) is 11.8 Å². The summed E-state index contributed by atoms with van der Waals surface area (Å²) in [5.41, 5.74) is 4.50. The van der Waals surface area contributed by atoms with Gasteiger partial charge in [0.2, 0.25) is 6.41 Å². The lowest BCUT2D eigenvalue weighted by molar-refractivity contribution is -0.177. The second kappa shape index (κ2) is 7.15. The Bertz CT molecular complexity index is 970. The first-order valence-electron chi connectivity index (χ1n) is 8.72. The van der Waals surface area contributed by atoms with Crippen molar-refractivity contribution in [1.29, 1.82) is 0 Å². The van der Waals surface area contributed by atoms with E-state index in [1.807, 2.05) is 36.4 Å². The number of nitrogens with zero attached hydrogens (tertiary/aromatic N) is 1. The number of carbonyl (C=O) groups is 4. The number of benzene rings is 2. The molecule has 0 bridgehead atoms. The smallest absolute Gasteiger partial charge is 0.432 e. The van der Waals surface area contributed by atoms with Gasteiger partial charge in [-0.1, -0.05) is 35.4 Å². The largest absolute Gasteiger partial charge is 0.533 e. The average Bonchev–Trinajstić information content (AvgIpc) is 3.18. The van der Waals surface area contributed by atoms with Crippen LogP contribution in [0.5, 0.6) is 0 Å². The van der Waals surface area contributed by atoms with E-state index in [1.54, 1.807) is 6.07 Å². The molecule has 1 N–H and O–H groups in total. The van der Waals surface area contributed by atoms with Crippen LogP contribution in [0.15, 0.2) is 42.5 Å². The number of rotatable bonds is 5. The number of nitrogens with one attached hydrogen (secondary N) is 1. The molecule has 4 rings (SSSR count). The minimum Gasteiger partial charge on any atom is -0.432 e. The monoisotopic (exact) mass is 380 g/mol. The van der Waals surface area contributed by atoms with Crippen molar-refractivity contribution in [2.45, 2.75) is 18.8 Å². The molecule has 28 heavy (non-hydrogen) atoms. The molecule has 3 amide bonds. The van der Waals surface area contributed by atoms with E-state index >= 15 is 0 Å². The molecule has 2 aliphatic rings. The summed E-state index contributed by atoms with van der Waals surface area (Å²) in [5.74, 6) is -1.40. The fourth-order valence-corrected chi connectivity index (χ4v) is 3.56. The summed E-state index contributed by atoms with van der Waals surface area (Å²) in [6, 6.07) is 13.3. The van der Waals surface area contributed by atoms with Crippen molar-refractivity contribution in [3.8, 4) is 11.1 Å². The molecule has 1 heterocycles. The van der Waals surface area contributed by atoms with Crippen LogP contribution in [-0.2, 0) is 24.0 Å². The first kappa shape index (κ1) is 17.7. The zero-order valence-electron chi connectivity index (χ0n) is 14.7. The highest BCUT2D eigenvalue weighted by atomic mass is 16.8. The third-order valence-electron chi connectivity index (χ3n) is 4.82. The molecular formula is C20H16N2O6. The predicted molar refractivity (Wildman–Crippen MR) is 96.9 cm³/mol. The Morgan fingerprint density at radius 2 is 1.79 bits per heavy atom. The highest BCUT2D eigenvalue weighted by Crippen LogP contribution is 2.45. The van der Waals surface area contributed by atoms with Crippen molar-refractivity contribution in [3.05, 3.63) is 53.6 Å². The van der Waals surface area contributed by atoms with E-state index in [4.69, 9.17) is 9.57 Å². The van der Waals surface area contributed by atoms with E-state index in [-0.39, 0.29) is 25.4 Å². The quantitative estimate of drug-likeness (QED) is 0.486. The summed E-state index contributed by atoms with van der Waals surface area (Å²) in [7, 11) is 0. The summed E-state index contributed by atoms with van der Waals surface area (Å²) in [6.07, 6.45) is -0.488. The third-order valence-corrected chi connectivity index (χ3v) is 4.82. The van der Waals surface area contributed by atoms with Crippen LogP contribution in [0.4, 0.5) is 10.5 Å². The summed E-state index contributed by atoms with van der Waals surface area (Å²) in [5, 5.41) is 3.06. The van der Waals surface area contributed by atoms with E-state index in [0.29, 0.717) is 17.2 Å². The summed E-state index contributed by atoms with van der Waals surface area (Å²) in [4.78, 5) is 50.6. The van der Waals surface area contributed by atoms with Crippen LogP contribution >= 0.6 is 0 Å². The van der Waals surface area contributed by atoms with Crippen LogP contribution in [0.2, 0.25) is 0 Å². The molecule has 2 aromatic carbocycles. The molecule has 1 atom stereocenters. The topological polar surface area (TPSA) is 102 Å². The second-order valence-corrected chi connectivity index (χ2v) is 6.44. The number of imide groups is 1. The van der Waals surface area contributed by atoms with Gasteiger partial charge < -0.3 is 10.1 Å². The number of ether oxygens (including phenoxy) is 1. The van der Waals surface area contributed by atoms with Crippen LogP contribution in [0.1, 0.15) is 29.9 Å². The van der Waals surface area contributed by atoms with Gasteiger partial charge in [-0.15, -0.1) is 0 Å². The molecule has 0 spiro atoms. The van der Waals surface area contributed by atoms with E-state index in [9.17, 15) is 19.2 Å². The number of hydrogen-bond acceptors (Lipinski definition) is 6. The summed E-state index contributed by atoms with van der Waals surface area (Å²) < 4.78 is 5.20. The molecule has 8 heteroatoms. The van der Waals surface area contributed by atoms with Crippen LogP contribution in [0, 0.1) is 0 Å². The van der Waals surface area contributed by atoms with Crippen LogP contribution in [-0.4, -0.2) is 36.0 Å². The van der Waals surface area contributed by atoms with Crippen LogP contribution < -0.4 is 5.32 Å². The number of amides is 3. The molecule has 142 valence electrons. The van der Waals surface area contributed by atoms with Crippen molar-refractivity contribution in [1.82, 2.24) is 5.06 Å². The fourth-order valence-electron chi connectivity index (χ4n) is 3.56. The number of hydroxylamine groups is 2. The maximum Gasteiger partial charge on any atom is 0.533 e. The minimum atomic E-state index is -1.11. The Hall–Kier alpha value is -3.68. The first-order chi connectivity index (χ1) is 13.6. The van der Waals surface area contributed by atoms with Crippen molar-refractivity contribution >= 4 is 30.1 Å². The lowest BCUT2D eigenvalue weighted by Gasteiger charge is -2.16. The van der Waals surface area contributed by atoms with Crippen molar-refractivity contribution in [2.75, 3.05) is 11.9 Å². The molecule has 1 unspecified atom stereocenters. The number of anilines is 1. The van der Waals surface area contributed by atoms with Crippen molar-refractivity contribution in [2.24, 2.45) is 0 Å². The molecule has 0 aromatic heterocycles. The highest BCUT2D eigenvalue weighted by Gasteiger charge is 2.34. The van der Waals surface area contributed by atoms with Gasteiger partial charge in [0.1, 0.15) is 6.61 Å². The van der Waals surface area contributed by atoms with Crippen molar-refractivity contribution < 1.29 is 28.8 Å². The molecular weight excluding hydrogens is 364 g/mol.